The molecule has 0 unspecified atom stereocenters. The van der Waals surface area contributed by atoms with E-state index in [9.17, 15) is 9.59 Å². The number of carbonyl (C=O) groups is 1. The highest BCUT2D eigenvalue weighted by atomic mass is 16.5. The minimum atomic E-state index is -0.435. The fraction of sp³-hybridized carbons (Fsp3) is 0.320. The molecule has 0 amide bonds. The Morgan fingerprint density at radius 2 is 1.81 bits per heavy atom. The average Bonchev–Trinajstić information content (AvgIpc) is 2.83. The molecular weight excluding hydrogens is 404 g/mol. The number of aromatic nitrogens is 2. The number of morpholine rings is 1. The van der Waals surface area contributed by atoms with Crippen LogP contribution in [0.2, 0.25) is 0 Å². The molecule has 3 aromatic rings. The van der Waals surface area contributed by atoms with Gasteiger partial charge in [0.05, 0.1) is 18.8 Å². The number of rotatable bonds is 2. The summed E-state index contributed by atoms with van der Waals surface area (Å²) < 4.78 is 5.44. The van der Waals surface area contributed by atoms with Crippen molar-refractivity contribution in [3.63, 3.8) is 0 Å². The van der Waals surface area contributed by atoms with Gasteiger partial charge < -0.3 is 15.0 Å². The standard InChI is InChI=1S/C25H24N4O3/c30-19-10-4-9-18-21(19)20(17-8-3-6-15-5-1-2-7-16(15)17)22-23(26-18)27-25(28-24(22)31)29-11-13-32-14-12-29/h1-3,5-8,20H,4,9-14H2,(H2,26,27,28,31)/t20-/m0/s1. The van der Waals surface area contributed by atoms with Crippen LogP contribution in [0.15, 0.2) is 58.5 Å². The molecule has 3 heterocycles. The summed E-state index contributed by atoms with van der Waals surface area (Å²) in [5.74, 6) is 0.781. The molecule has 0 saturated carbocycles. The number of hydrogen-bond donors (Lipinski definition) is 2. The van der Waals surface area contributed by atoms with Gasteiger partial charge in [0.2, 0.25) is 5.95 Å². The van der Waals surface area contributed by atoms with Crippen molar-refractivity contribution < 1.29 is 9.53 Å². The van der Waals surface area contributed by atoms with Crippen LogP contribution in [0.1, 0.15) is 36.3 Å². The van der Waals surface area contributed by atoms with Crippen LogP contribution in [-0.2, 0) is 9.53 Å². The number of fused-ring (bicyclic) bond motifs is 2. The zero-order valence-electron chi connectivity index (χ0n) is 17.7. The number of benzene rings is 2. The fourth-order valence-electron chi connectivity index (χ4n) is 5.19. The SMILES string of the molecule is O=C1CCCC2=C1[C@H](c1cccc3ccccc13)c1c(nc(N3CCOCC3)[nH]c1=O)N2. The first-order valence-electron chi connectivity index (χ1n) is 11.2. The molecule has 0 bridgehead atoms. The molecule has 6 rings (SSSR count). The van der Waals surface area contributed by atoms with Crippen LogP contribution in [-0.4, -0.2) is 42.1 Å². The predicted octanol–water partition coefficient (Wildman–Crippen LogP) is 3.32. The fourth-order valence-corrected chi connectivity index (χ4v) is 5.19. The predicted molar refractivity (Wildman–Crippen MR) is 123 cm³/mol. The Hall–Kier alpha value is -3.45. The van der Waals surface area contributed by atoms with Gasteiger partial charge in [-0.1, -0.05) is 42.5 Å². The van der Waals surface area contributed by atoms with E-state index in [4.69, 9.17) is 9.72 Å². The molecule has 1 aromatic heterocycles. The van der Waals surface area contributed by atoms with E-state index in [1.54, 1.807) is 0 Å². The van der Waals surface area contributed by atoms with Crippen molar-refractivity contribution >= 4 is 28.3 Å². The number of ether oxygens (including phenoxy) is 1. The zero-order chi connectivity index (χ0) is 21.7. The highest BCUT2D eigenvalue weighted by Gasteiger charge is 2.38. The van der Waals surface area contributed by atoms with Gasteiger partial charge >= 0.3 is 0 Å². The lowest BCUT2D eigenvalue weighted by Gasteiger charge is -2.34. The van der Waals surface area contributed by atoms with Gasteiger partial charge in [-0.15, -0.1) is 0 Å². The van der Waals surface area contributed by atoms with Crippen LogP contribution in [0.4, 0.5) is 11.8 Å². The van der Waals surface area contributed by atoms with Gasteiger partial charge in [-0.2, -0.15) is 4.98 Å². The molecule has 2 N–H and O–H groups in total. The average molecular weight is 428 g/mol. The van der Waals surface area contributed by atoms with Gasteiger partial charge in [-0.25, -0.2) is 0 Å². The highest BCUT2D eigenvalue weighted by molar-refractivity contribution is 6.02. The molecule has 1 atom stereocenters. The van der Waals surface area contributed by atoms with Gasteiger partial charge in [0.25, 0.3) is 5.56 Å². The Labute approximate surface area is 185 Å². The highest BCUT2D eigenvalue weighted by Crippen LogP contribution is 2.45. The first-order chi connectivity index (χ1) is 15.7. The molecule has 0 spiro atoms. The zero-order valence-corrected chi connectivity index (χ0v) is 17.7. The Kier molecular flexibility index (Phi) is 4.57. The van der Waals surface area contributed by atoms with Crippen LogP contribution in [0.3, 0.4) is 0 Å². The number of ketones is 1. The summed E-state index contributed by atoms with van der Waals surface area (Å²) in [6.45, 7) is 2.58. The maximum atomic E-state index is 13.5. The number of nitrogens with one attached hydrogen (secondary N) is 2. The summed E-state index contributed by atoms with van der Waals surface area (Å²) in [7, 11) is 0. The maximum absolute atomic E-state index is 13.5. The Bertz CT molecular complexity index is 1320. The maximum Gasteiger partial charge on any atom is 0.258 e. The first kappa shape index (κ1) is 19.3. The van der Waals surface area contributed by atoms with Crippen molar-refractivity contribution in [3.8, 4) is 0 Å². The summed E-state index contributed by atoms with van der Waals surface area (Å²) in [6.07, 6.45) is 2.10. The number of carbonyl (C=O) groups excluding carboxylic acids is 1. The molecule has 2 aromatic carbocycles. The summed E-state index contributed by atoms with van der Waals surface area (Å²) in [5.41, 5.74) is 2.91. The third-order valence-corrected chi connectivity index (χ3v) is 6.69. The molecule has 162 valence electrons. The summed E-state index contributed by atoms with van der Waals surface area (Å²) in [5, 5.41) is 5.51. The van der Waals surface area contributed by atoms with Gasteiger partial charge in [0.1, 0.15) is 5.82 Å². The number of allylic oxidation sites excluding steroid dienone is 2. The molecular formula is C25H24N4O3. The van der Waals surface area contributed by atoms with Gasteiger partial charge in [-0.05, 0) is 29.2 Å². The minimum absolute atomic E-state index is 0.110. The van der Waals surface area contributed by atoms with Crippen LogP contribution in [0, 0.1) is 0 Å². The van der Waals surface area contributed by atoms with E-state index >= 15 is 0 Å². The van der Waals surface area contributed by atoms with E-state index in [-0.39, 0.29) is 11.3 Å². The number of nitrogens with zero attached hydrogens (tertiary/aromatic N) is 2. The van der Waals surface area contributed by atoms with E-state index in [0.717, 1.165) is 34.9 Å². The first-order valence-corrected chi connectivity index (χ1v) is 11.2. The summed E-state index contributed by atoms with van der Waals surface area (Å²) in [4.78, 5) is 36.5. The quantitative estimate of drug-likeness (QED) is 0.651. The van der Waals surface area contributed by atoms with E-state index in [1.807, 2.05) is 29.2 Å². The lowest BCUT2D eigenvalue weighted by Crippen LogP contribution is -2.40. The molecule has 3 aliphatic rings. The normalized spacial score (nSPS) is 20.7. The van der Waals surface area contributed by atoms with Crippen molar-refractivity contribution in [3.05, 3.63) is 75.2 Å². The second-order valence-electron chi connectivity index (χ2n) is 8.55. The topological polar surface area (TPSA) is 87.3 Å². The van der Waals surface area contributed by atoms with E-state index in [1.165, 1.54) is 0 Å². The van der Waals surface area contributed by atoms with Crippen LogP contribution in [0.25, 0.3) is 10.8 Å². The third kappa shape index (κ3) is 3.04. The van der Waals surface area contributed by atoms with Crippen LogP contribution >= 0.6 is 0 Å². The second kappa shape index (κ2) is 7.60. The Morgan fingerprint density at radius 3 is 2.69 bits per heavy atom. The van der Waals surface area contributed by atoms with E-state index in [2.05, 4.69) is 28.5 Å². The van der Waals surface area contributed by atoms with E-state index in [0.29, 0.717) is 55.6 Å². The molecule has 7 heteroatoms. The van der Waals surface area contributed by atoms with E-state index < -0.39 is 5.92 Å². The number of anilines is 2. The molecule has 7 nitrogen and oxygen atoms in total. The Balaban J connectivity index is 1.58. The second-order valence-corrected chi connectivity index (χ2v) is 8.55. The number of hydrogen-bond acceptors (Lipinski definition) is 6. The number of Topliss-reactive ketones (excluding diaryl/α,β-unsaturated/α-hetero) is 1. The largest absolute Gasteiger partial charge is 0.378 e. The van der Waals surface area contributed by atoms with Crippen molar-refractivity contribution in [1.29, 1.82) is 0 Å². The molecule has 1 fully saturated rings. The minimum Gasteiger partial charge on any atom is -0.378 e. The summed E-state index contributed by atoms with van der Waals surface area (Å²) in [6, 6.07) is 14.2. The number of aromatic amines is 1. The van der Waals surface area contributed by atoms with Crippen molar-refractivity contribution in [1.82, 2.24) is 9.97 Å². The smallest absolute Gasteiger partial charge is 0.258 e. The van der Waals surface area contributed by atoms with Gasteiger partial charge in [-0.3, -0.25) is 14.6 Å². The molecule has 0 radical (unpaired) electrons. The van der Waals surface area contributed by atoms with Crippen LogP contribution in [0.5, 0.6) is 0 Å². The Morgan fingerprint density at radius 1 is 1.00 bits per heavy atom. The van der Waals surface area contributed by atoms with Crippen molar-refractivity contribution in [2.75, 3.05) is 36.5 Å². The molecule has 32 heavy (non-hydrogen) atoms. The van der Waals surface area contributed by atoms with Crippen molar-refractivity contribution in [2.24, 2.45) is 0 Å². The molecule has 2 aliphatic heterocycles. The van der Waals surface area contributed by atoms with Crippen molar-refractivity contribution in [2.45, 2.75) is 25.2 Å². The lowest BCUT2D eigenvalue weighted by atomic mass is 9.75. The third-order valence-electron chi connectivity index (χ3n) is 6.69. The van der Waals surface area contributed by atoms with Crippen LogP contribution < -0.4 is 15.8 Å². The monoisotopic (exact) mass is 428 g/mol. The number of H-pyrrole nitrogens is 1. The van der Waals surface area contributed by atoms with Gasteiger partial charge in [0, 0.05) is 36.7 Å². The van der Waals surface area contributed by atoms with Gasteiger partial charge in [0.15, 0.2) is 5.78 Å². The molecule has 1 saturated heterocycles. The lowest BCUT2D eigenvalue weighted by molar-refractivity contribution is -0.116. The summed E-state index contributed by atoms with van der Waals surface area (Å²) >= 11 is 0. The molecule has 1 aliphatic carbocycles.